The smallest absolute Gasteiger partial charge is 0.364 e. The highest BCUT2D eigenvalue weighted by Gasteiger charge is 2.47. The highest BCUT2D eigenvalue weighted by atomic mass is 19.3. The molecule has 21 heavy (non-hydrogen) atoms. The fourth-order valence-electron chi connectivity index (χ4n) is 1.77. The number of nitrogens with zero attached hydrogens (tertiary/aromatic N) is 2. The third-order valence-corrected chi connectivity index (χ3v) is 2.66. The Balaban J connectivity index is 2.77. The minimum absolute atomic E-state index is 0.215. The Hall–Kier alpha value is -2.26. The molecule has 0 saturated heterocycles. The molecule has 1 heterocycles. The molecular weight excluding hydrogens is 306 g/mol. The lowest BCUT2D eigenvalue weighted by Crippen LogP contribution is -2.29. The van der Waals surface area contributed by atoms with Crippen molar-refractivity contribution in [2.75, 3.05) is 0 Å². The molecule has 10 heteroatoms. The van der Waals surface area contributed by atoms with Crippen LogP contribution in [0.2, 0.25) is 0 Å². The molecule has 0 unspecified atom stereocenters. The fraction of sp³-hybridized carbons (Fsp3) is 0.273. The van der Waals surface area contributed by atoms with Gasteiger partial charge in [0.2, 0.25) is 0 Å². The van der Waals surface area contributed by atoms with Crippen LogP contribution in [-0.2, 0) is 17.3 Å². The maximum absolute atomic E-state index is 13.4. The molecule has 0 aliphatic carbocycles. The van der Waals surface area contributed by atoms with Gasteiger partial charge in [0.15, 0.2) is 17.5 Å². The van der Waals surface area contributed by atoms with E-state index in [4.69, 9.17) is 5.11 Å². The van der Waals surface area contributed by atoms with Crippen LogP contribution >= 0.6 is 0 Å². The number of carbonyl (C=O) groups is 1. The molecule has 0 saturated carbocycles. The van der Waals surface area contributed by atoms with E-state index in [0.717, 1.165) is 0 Å². The second-order valence-corrected chi connectivity index (χ2v) is 4.09. The molecule has 0 fully saturated rings. The van der Waals surface area contributed by atoms with E-state index in [9.17, 15) is 31.1 Å². The molecule has 4 nitrogen and oxygen atoms in total. The molecule has 2 aromatic rings. The standard InChI is InChI=1S/C11H6F6N2O2/c12-4-1-6-7(2-5(4)13)19(3-8(20)21)10(18-6)11(16,17)9(14)15/h1-2,9H,3H2,(H,20,21). The first-order valence-corrected chi connectivity index (χ1v) is 5.38. The minimum Gasteiger partial charge on any atom is -0.480 e. The molecule has 0 atom stereocenters. The zero-order valence-corrected chi connectivity index (χ0v) is 9.96. The van der Waals surface area contributed by atoms with Gasteiger partial charge in [-0.1, -0.05) is 0 Å². The number of rotatable bonds is 4. The van der Waals surface area contributed by atoms with Gasteiger partial charge in [-0.25, -0.2) is 22.5 Å². The lowest BCUT2D eigenvalue weighted by molar-refractivity contribution is -0.145. The van der Waals surface area contributed by atoms with Crippen LogP contribution < -0.4 is 0 Å². The molecule has 0 spiro atoms. The van der Waals surface area contributed by atoms with E-state index in [-0.39, 0.29) is 4.57 Å². The van der Waals surface area contributed by atoms with Gasteiger partial charge in [0.1, 0.15) is 6.54 Å². The number of alkyl halides is 4. The predicted octanol–water partition coefficient (Wildman–Crippen LogP) is 2.76. The molecule has 1 N–H and O–H groups in total. The van der Waals surface area contributed by atoms with E-state index in [1.807, 2.05) is 0 Å². The Morgan fingerprint density at radius 3 is 2.38 bits per heavy atom. The summed E-state index contributed by atoms with van der Waals surface area (Å²) >= 11 is 0. The Labute approximate surface area is 112 Å². The number of carboxylic acids is 1. The number of fused-ring (bicyclic) bond motifs is 1. The van der Waals surface area contributed by atoms with Crippen molar-refractivity contribution in [1.82, 2.24) is 9.55 Å². The molecule has 114 valence electrons. The van der Waals surface area contributed by atoms with E-state index in [1.165, 1.54) is 0 Å². The van der Waals surface area contributed by atoms with Crippen LogP contribution in [0.25, 0.3) is 11.0 Å². The summed E-state index contributed by atoms with van der Waals surface area (Å²) in [6.45, 7) is -1.15. The van der Waals surface area contributed by atoms with Crippen molar-refractivity contribution in [3.63, 3.8) is 0 Å². The number of halogens is 6. The number of hydrogen-bond acceptors (Lipinski definition) is 2. The zero-order chi connectivity index (χ0) is 15.9. The lowest BCUT2D eigenvalue weighted by Gasteiger charge is -2.15. The van der Waals surface area contributed by atoms with Crippen molar-refractivity contribution >= 4 is 17.0 Å². The van der Waals surface area contributed by atoms with Crippen molar-refractivity contribution in [3.05, 3.63) is 29.6 Å². The van der Waals surface area contributed by atoms with E-state index < -0.39 is 53.4 Å². The summed E-state index contributed by atoms with van der Waals surface area (Å²) in [5, 5.41) is 8.65. The summed E-state index contributed by atoms with van der Waals surface area (Å²) in [5.41, 5.74) is -1.07. The molecular formula is C11H6F6N2O2. The lowest BCUT2D eigenvalue weighted by atomic mass is 10.3. The second-order valence-electron chi connectivity index (χ2n) is 4.09. The van der Waals surface area contributed by atoms with Gasteiger partial charge < -0.3 is 9.67 Å². The normalized spacial score (nSPS) is 12.3. The number of benzene rings is 1. The minimum atomic E-state index is -4.76. The Morgan fingerprint density at radius 1 is 1.29 bits per heavy atom. The molecule has 0 aliphatic rings. The monoisotopic (exact) mass is 312 g/mol. The third kappa shape index (κ3) is 2.52. The van der Waals surface area contributed by atoms with Gasteiger partial charge in [0.25, 0.3) is 0 Å². The number of hydrogen-bond donors (Lipinski definition) is 1. The van der Waals surface area contributed by atoms with E-state index in [2.05, 4.69) is 4.98 Å². The average Bonchev–Trinajstić information content (AvgIpc) is 2.68. The van der Waals surface area contributed by atoms with Crippen LogP contribution in [0.3, 0.4) is 0 Å². The molecule has 1 aromatic heterocycles. The second kappa shape index (κ2) is 4.93. The zero-order valence-electron chi connectivity index (χ0n) is 9.96. The molecule has 1 aromatic carbocycles. The summed E-state index contributed by atoms with van der Waals surface area (Å²) in [5.74, 6) is -10.8. The molecule has 2 rings (SSSR count). The average molecular weight is 312 g/mol. The Bertz CT molecular complexity index is 712. The van der Waals surface area contributed by atoms with Crippen molar-refractivity contribution in [2.24, 2.45) is 0 Å². The van der Waals surface area contributed by atoms with Crippen LogP contribution in [0.5, 0.6) is 0 Å². The number of aromatic nitrogens is 2. The SMILES string of the molecule is O=C(O)Cn1c(C(F)(F)C(F)F)nc2cc(F)c(F)cc21. The van der Waals surface area contributed by atoms with Gasteiger partial charge in [-0.15, -0.1) is 0 Å². The number of aliphatic carboxylic acids is 1. The van der Waals surface area contributed by atoms with Gasteiger partial charge in [-0.2, -0.15) is 8.78 Å². The molecule has 0 bridgehead atoms. The van der Waals surface area contributed by atoms with E-state index in [1.54, 1.807) is 0 Å². The summed E-state index contributed by atoms with van der Waals surface area (Å²) in [7, 11) is 0. The number of imidazole rings is 1. The van der Waals surface area contributed by atoms with E-state index in [0.29, 0.717) is 12.1 Å². The fourth-order valence-corrected chi connectivity index (χ4v) is 1.77. The first-order valence-electron chi connectivity index (χ1n) is 5.38. The summed E-state index contributed by atoms with van der Waals surface area (Å²) in [4.78, 5) is 13.8. The van der Waals surface area contributed by atoms with Crippen LogP contribution in [0.4, 0.5) is 26.3 Å². The maximum Gasteiger partial charge on any atom is 0.364 e. The quantitative estimate of drug-likeness (QED) is 0.883. The van der Waals surface area contributed by atoms with Crippen LogP contribution in [0, 0.1) is 11.6 Å². The summed E-state index contributed by atoms with van der Waals surface area (Å²) in [6, 6.07) is 0.847. The van der Waals surface area contributed by atoms with Crippen molar-refractivity contribution < 1.29 is 36.2 Å². The van der Waals surface area contributed by atoms with Gasteiger partial charge in [0.05, 0.1) is 11.0 Å². The Morgan fingerprint density at radius 2 is 1.86 bits per heavy atom. The molecule has 0 amide bonds. The van der Waals surface area contributed by atoms with Crippen molar-refractivity contribution in [3.8, 4) is 0 Å². The highest BCUT2D eigenvalue weighted by molar-refractivity contribution is 5.79. The van der Waals surface area contributed by atoms with Gasteiger partial charge in [-0.05, 0) is 0 Å². The van der Waals surface area contributed by atoms with Crippen LogP contribution in [0.1, 0.15) is 5.82 Å². The van der Waals surface area contributed by atoms with Crippen LogP contribution in [-0.4, -0.2) is 27.1 Å². The highest BCUT2D eigenvalue weighted by Crippen LogP contribution is 2.36. The van der Waals surface area contributed by atoms with Gasteiger partial charge in [0, 0.05) is 12.1 Å². The van der Waals surface area contributed by atoms with E-state index >= 15 is 0 Å². The summed E-state index contributed by atoms with van der Waals surface area (Å²) < 4.78 is 78.0. The molecule has 0 aliphatic heterocycles. The topological polar surface area (TPSA) is 55.1 Å². The summed E-state index contributed by atoms with van der Waals surface area (Å²) in [6.07, 6.45) is -4.16. The first-order chi connectivity index (χ1) is 9.64. The van der Waals surface area contributed by atoms with Crippen molar-refractivity contribution in [1.29, 1.82) is 0 Å². The number of carboxylic acid groups (broad SMARTS) is 1. The largest absolute Gasteiger partial charge is 0.480 e. The third-order valence-electron chi connectivity index (χ3n) is 2.66. The Kier molecular flexibility index (Phi) is 3.56. The van der Waals surface area contributed by atoms with Crippen LogP contribution in [0.15, 0.2) is 12.1 Å². The van der Waals surface area contributed by atoms with Gasteiger partial charge >= 0.3 is 18.3 Å². The van der Waals surface area contributed by atoms with Crippen molar-refractivity contribution in [2.45, 2.75) is 18.9 Å². The first kappa shape index (κ1) is 15.1. The molecule has 0 radical (unpaired) electrons. The maximum atomic E-state index is 13.4. The van der Waals surface area contributed by atoms with Gasteiger partial charge in [-0.3, -0.25) is 4.79 Å². The predicted molar refractivity (Wildman–Crippen MR) is 57.2 cm³/mol.